The molecule has 3 rings (SSSR count). The lowest BCUT2D eigenvalue weighted by molar-refractivity contribution is -0.121. The number of carbonyl (C=O) groups is 3. The summed E-state index contributed by atoms with van der Waals surface area (Å²) in [4.78, 5) is 37.9. The molecule has 0 spiro atoms. The number of nitrogens with one attached hydrogen (secondary N) is 1. The number of carbonyl (C=O) groups excluding carboxylic acids is 3. The van der Waals surface area contributed by atoms with Crippen LogP contribution in [0.5, 0.6) is 0 Å². The third-order valence-electron chi connectivity index (χ3n) is 4.62. The first-order valence-electron chi connectivity index (χ1n) is 8.78. The van der Waals surface area contributed by atoms with E-state index < -0.39 is 0 Å². The van der Waals surface area contributed by atoms with Gasteiger partial charge in [0.05, 0.1) is 17.2 Å². The molecule has 134 valence electrons. The molecule has 5 nitrogen and oxygen atoms in total. The van der Waals surface area contributed by atoms with Crippen LogP contribution in [0.1, 0.15) is 57.7 Å². The highest BCUT2D eigenvalue weighted by Crippen LogP contribution is 2.22. The van der Waals surface area contributed by atoms with Gasteiger partial charge in [-0.2, -0.15) is 0 Å². The maximum Gasteiger partial charge on any atom is 0.261 e. The predicted octanol–water partition coefficient (Wildman–Crippen LogP) is 3.25. The van der Waals surface area contributed by atoms with Crippen molar-refractivity contribution in [3.63, 3.8) is 0 Å². The third kappa shape index (κ3) is 3.67. The minimum Gasteiger partial charge on any atom is -0.350 e. The first-order valence-corrected chi connectivity index (χ1v) is 8.78. The molecule has 26 heavy (non-hydrogen) atoms. The second-order valence-corrected chi connectivity index (χ2v) is 6.61. The van der Waals surface area contributed by atoms with E-state index >= 15 is 0 Å². The fourth-order valence-corrected chi connectivity index (χ4v) is 3.09. The van der Waals surface area contributed by atoms with Crippen molar-refractivity contribution in [2.45, 2.75) is 32.7 Å². The van der Waals surface area contributed by atoms with Crippen LogP contribution >= 0.6 is 0 Å². The summed E-state index contributed by atoms with van der Waals surface area (Å²) < 4.78 is 0. The molecule has 0 radical (unpaired) electrons. The molecule has 2 aromatic rings. The summed E-state index contributed by atoms with van der Waals surface area (Å²) in [6.07, 6.45) is 0.710. The summed E-state index contributed by atoms with van der Waals surface area (Å²) in [5.41, 5.74) is 3.10. The lowest BCUT2D eigenvalue weighted by Crippen LogP contribution is -2.32. The maximum atomic E-state index is 12.3. The fraction of sp³-hybridized carbons (Fsp3) is 0.286. The van der Waals surface area contributed by atoms with Gasteiger partial charge in [0.25, 0.3) is 11.8 Å². The fourth-order valence-electron chi connectivity index (χ4n) is 3.09. The highest BCUT2D eigenvalue weighted by molar-refractivity contribution is 6.21. The van der Waals surface area contributed by atoms with Crippen LogP contribution in [0.4, 0.5) is 0 Å². The van der Waals surface area contributed by atoms with Gasteiger partial charge < -0.3 is 5.32 Å². The minimum atomic E-state index is -0.279. The normalized spacial score (nSPS) is 14.3. The highest BCUT2D eigenvalue weighted by atomic mass is 16.2. The van der Waals surface area contributed by atoms with Crippen molar-refractivity contribution in [1.29, 1.82) is 0 Å². The SMILES string of the molecule is Cc1ccc([C@H](C)NC(=O)CCCN2C(=O)c3ccccc3C2=O)cc1. The van der Waals surface area contributed by atoms with E-state index in [2.05, 4.69) is 5.32 Å². The minimum absolute atomic E-state index is 0.0811. The second-order valence-electron chi connectivity index (χ2n) is 6.61. The Bertz CT molecular complexity index is 808. The average Bonchev–Trinajstić information content (AvgIpc) is 2.87. The van der Waals surface area contributed by atoms with Gasteiger partial charge >= 0.3 is 0 Å². The van der Waals surface area contributed by atoms with Crippen LogP contribution in [0, 0.1) is 6.92 Å². The van der Waals surface area contributed by atoms with Gasteiger partial charge in [0.2, 0.25) is 5.91 Å². The number of amides is 3. The monoisotopic (exact) mass is 350 g/mol. The van der Waals surface area contributed by atoms with E-state index in [0.717, 1.165) is 5.56 Å². The van der Waals surface area contributed by atoms with E-state index in [1.165, 1.54) is 10.5 Å². The molecule has 3 amide bonds. The van der Waals surface area contributed by atoms with Crippen LogP contribution in [0.2, 0.25) is 0 Å². The van der Waals surface area contributed by atoms with Gasteiger partial charge in [-0.05, 0) is 38.0 Å². The molecule has 1 aliphatic rings. The number of rotatable bonds is 6. The zero-order valence-electron chi connectivity index (χ0n) is 15.0. The smallest absolute Gasteiger partial charge is 0.261 e. The predicted molar refractivity (Wildman–Crippen MR) is 98.8 cm³/mol. The summed E-state index contributed by atoms with van der Waals surface area (Å²) in [5.74, 6) is -0.646. The lowest BCUT2D eigenvalue weighted by atomic mass is 10.1. The Morgan fingerprint density at radius 3 is 2.15 bits per heavy atom. The van der Waals surface area contributed by atoms with E-state index in [4.69, 9.17) is 0 Å². The Kier molecular flexibility index (Phi) is 5.16. The maximum absolute atomic E-state index is 12.3. The Hall–Kier alpha value is -2.95. The van der Waals surface area contributed by atoms with E-state index in [9.17, 15) is 14.4 Å². The number of hydrogen-bond acceptors (Lipinski definition) is 3. The summed E-state index contributed by atoms with van der Waals surface area (Å²) in [5, 5.41) is 2.95. The number of imide groups is 1. The van der Waals surface area contributed by atoms with E-state index in [0.29, 0.717) is 17.5 Å². The molecule has 0 unspecified atom stereocenters. The molecule has 0 bridgehead atoms. The quantitative estimate of drug-likeness (QED) is 0.813. The number of hydrogen-bond donors (Lipinski definition) is 1. The van der Waals surface area contributed by atoms with Crippen LogP contribution in [0.3, 0.4) is 0 Å². The first kappa shape index (κ1) is 17.9. The number of benzene rings is 2. The van der Waals surface area contributed by atoms with Gasteiger partial charge in [-0.1, -0.05) is 42.0 Å². The largest absolute Gasteiger partial charge is 0.350 e. The van der Waals surface area contributed by atoms with E-state index in [-0.39, 0.29) is 36.7 Å². The molecular weight excluding hydrogens is 328 g/mol. The van der Waals surface area contributed by atoms with E-state index in [1.807, 2.05) is 38.1 Å². The van der Waals surface area contributed by atoms with Gasteiger partial charge in [-0.3, -0.25) is 19.3 Å². The van der Waals surface area contributed by atoms with Gasteiger partial charge in [-0.15, -0.1) is 0 Å². The third-order valence-corrected chi connectivity index (χ3v) is 4.62. The Labute approximate surface area is 153 Å². The molecule has 1 aliphatic heterocycles. The topological polar surface area (TPSA) is 66.5 Å². The van der Waals surface area contributed by atoms with Crippen molar-refractivity contribution in [2.24, 2.45) is 0 Å². The van der Waals surface area contributed by atoms with Crippen molar-refractivity contribution in [3.05, 3.63) is 70.8 Å². The number of fused-ring (bicyclic) bond motifs is 1. The molecule has 1 atom stereocenters. The molecule has 1 N–H and O–H groups in total. The summed E-state index contributed by atoms with van der Waals surface area (Å²) in [7, 11) is 0. The van der Waals surface area contributed by atoms with Gasteiger partial charge in [-0.25, -0.2) is 0 Å². The average molecular weight is 350 g/mol. The van der Waals surface area contributed by atoms with Crippen LogP contribution in [0.25, 0.3) is 0 Å². The highest BCUT2D eigenvalue weighted by Gasteiger charge is 2.34. The molecule has 1 heterocycles. The molecule has 5 heteroatoms. The van der Waals surface area contributed by atoms with Crippen LogP contribution < -0.4 is 5.32 Å². The summed E-state index contributed by atoms with van der Waals surface area (Å²) >= 11 is 0. The Morgan fingerprint density at radius 2 is 1.58 bits per heavy atom. The van der Waals surface area contributed by atoms with Gasteiger partial charge in [0, 0.05) is 13.0 Å². The molecule has 0 fully saturated rings. The lowest BCUT2D eigenvalue weighted by Gasteiger charge is -2.16. The number of nitrogens with zero attached hydrogens (tertiary/aromatic N) is 1. The van der Waals surface area contributed by atoms with Crippen molar-refractivity contribution in [3.8, 4) is 0 Å². The van der Waals surface area contributed by atoms with Gasteiger partial charge in [0.1, 0.15) is 0 Å². The van der Waals surface area contributed by atoms with Crippen molar-refractivity contribution >= 4 is 17.7 Å². The molecule has 2 aromatic carbocycles. The molecule has 0 aromatic heterocycles. The first-order chi connectivity index (χ1) is 12.5. The van der Waals surface area contributed by atoms with Crippen LogP contribution in [0.15, 0.2) is 48.5 Å². The zero-order valence-corrected chi connectivity index (χ0v) is 15.0. The zero-order chi connectivity index (χ0) is 18.7. The summed E-state index contributed by atoms with van der Waals surface area (Å²) in [6.45, 7) is 4.21. The van der Waals surface area contributed by atoms with E-state index in [1.54, 1.807) is 24.3 Å². The molecule has 0 aliphatic carbocycles. The standard InChI is InChI=1S/C21H22N2O3/c1-14-9-11-16(12-10-14)15(2)22-19(24)8-5-13-23-20(25)17-6-3-4-7-18(17)21(23)26/h3-4,6-7,9-12,15H,5,8,13H2,1-2H3,(H,22,24)/t15-/m0/s1. The van der Waals surface area contributed by atoms with Crippen LogP contribution in [-0.2, 0) is 4.79 Å². The van der Waals surface area contributed by atoms with Crippen molar-refractivity contribution < 1.29 is 14.4 Å². The Balaban J connectivity index is 1.49. The Morgan fingerprint density at radius 1 is 1.00 bits per heavy atom. The number of aryl methyl sites for hydroxylation is 1. The van der Waals surface area contributed by atoms with Crippen LogP contribution in [-0.4, -0.2) is 29.2 Å². The van der Waals surface area contributed by atoms with Crippen molar-refractivity contribution in [1.82, 2.24) is 10.2 Å². The molecule has 0 saturated carbocycles. The van der Waals surface area contributed by atoms with Gasteiger partial charge in [0.15, 0.2) is 0 Å². The molecule has 0 saturated heterocycles. The molecular formula is C21H22N2O3. The summed E-state index contributed by atoms with van der Waals surface area (Å²) in [6, 6.07) is 14.7. The second kappa shape index (κ2) is 7.52. The van der Waals surface area contributed by atoms with Crippen molar-refractivity contribution in [2.75, 3.05) is 6.54 Å².